The van der Waals surface area contributed by atoms with Crippen LogP contribution in [0.3, 0.4) is 0 Å². The zero-order valence-corrected chi connectivity index (χ0v) is 18.9. The quantitative estimate of drug-likeness (QED) is 0.396. The van der Waals surface area contributed by atoms with Crippen LogP contribution in [0.5, 0.6) is 0 Å². The number of aryl methyl sites for hydroxylation is 1. The summed E-state index contributed by atoms with van der Waals surface area (Å²) < 4.78 is 34.7. The van der Waals surface area contributed by atoms with Crippen LogP contribution in [0.1, 0.15) is 27.2 Å². The van der Waals surface area contributed by atoms with Crippen molar-refractivity contribution in [3.63, 3.8) is 0 Å². The summed E-state index contributed by atoms with van der Waals surface area (Å²) in [5, 5.41) is 7.22. The van der Waals surface area contributed by atoms with Crippen molar-refractivity contribution in [2.75, 3.05) is 6.54 Å². The Morgan fingerprint density at radius 1 is 1.09 bits per heavy atom. The molecule has 0 atom stereocenters. The summed E-state index contributed by atoms with van der Waals surface area (Å²) in [7, 11) is -3.80. The number of benzene rings is 2. The lowest BCUT2D eigenvalue weighted by Crippen LogP contribution is -2.27. The fourth-order valence-corrected chi connectivity index (χ4v) is 4.32. The van der Waals surface area contributed by atoms with E-state index >= 15 is 0 Å². The number of rotatable bonds is 9. The average Bonchev–Trinajstić information content (AvgIpc) is 3.51. The number of furan rings is 1. The maximum Gasteiger partial charge on any atom is 0.251 e. The Labute approximate surface area is 192 Å². The van der Waals surface area contributed by atoms with Gasteiger partial charge in [-0.15, -0.1) is 0 Å². The normalized spacial score (nSPS) is 11.4. The molecule has 0 aliphatic rings. The first kappa shape index (κ1) is 22.5. The Bertz CT molecular complexity index is 1330. The number of aromatic nitrogens is 2. The predicted octanol–water partition coefficient (Wildman–Crippen LogP) is 3.22. The Kier molecular flexibility index (Phi) is 6.71. The molecule has 2 aromatic heterocycles. The van der Waals surface area contributed by atoms with Crippen molar-refractivity contribution in [3.8, 4) is 5.69 Å². The molecule has 0 aliphatic carbocycles. The highest BCUT2D eigenvalue weighted by molar-refractivity contribution is 7.89. The van der Waals surface area contributed by atoms with Crippen molar-refractivity contribution in [2.24, 2.45) is 0 Å². The lowest BCUT2D eigenvalue weighted by atomic mass is 10.1. The third-order valence-corrected chi connectivity index (χ3v) is 6.54. The monoisotopic (exact) mass is 464 g/mol. The minimum absolute atomic E-state index is 0.0222. The Morgan fingerprint density at radius 3 is 2.67 bits per heavy atom. The van der Waals surface area contributed by atoms with Crippen LogP contribution in [0.2, 0.25) is 0 Å². The smallest absolute Gasteiger partial charge is 0.251 e. The second kappa shape index (κ2) is 9.85. The number of sulfonamides is 1. The van der Waals surface area contributed by atoms with Gasteiger partial charge in [-0.05, 0) is 60.9 Å². The molecule has 0 radical (unpaired) electrons. The number of para-hydroxylation sites is 1. The van der Waals surface area contributed by atoms with E-state index in [2.05, 4.69) is 15.1 Å². The van der Waals surface area contributed by atoms with Gasteiger partial charge in [-0.3, -0.25) is 4.79 Å². The van der Waals surface area contributed by atoms with E-state index in [1.54, 1.807) is 36.0 Å². The first-order chi connectivity index (χ1) is 15.9. The molecule has 0 unspecified atom stereocenters. The molecule has 2 aromatic carbocycles. The number of amides is 1. The largest absolute Gasteiger partial charge is 0.468 e. The van der Waals surface area contributed by atoms with E-state index in [1.165, 1.54) is 18.4 Å². The first-order valence-electron chi connectivity index (χ1n) is 10.4. The molecule has 2 N–H and O–H groups in total. The molecule has 4 aromatic rings. The molecule has 9 heteroatoms. The maximum atomic E-state index is 12.7. The number of carbonyl (C=O) groups is 1. The van der Waals surface area contributed by atoms with E-state index in [4.69, 9.17) is 4.42 Å². The molecule has 0 fully saturated rings. The third-order valence-electron chi connectivity index (χ3n) is 5.14. The lowest BCUT2D eigenvalue weighted by molar-refractivity contribution is 0.0953. The summed E-state index contributed by atoms with van der Waals surface area (Å²) in [6.45, 7) is 2.19. The minimum Gasteiger partial charge on any atom is -0.468 e. The summed E-state index contributed by atoms with van der Waals surface area (Å²) in [4.78, 5) is 12.8. The zero-order chi connectivity index (χ0) is 23.3. The molecule has 0 aliphatic heterocycles. The summed E-state index contributed by atoms with van der Waals surface area (Å²) in [6.07, 6.45) is 5.76. The van der Waals surface area contributed by atoms with Gasteiger partial charge in [0, 0.05) is 18.3 Å². The summed E-state index contributed by atoms with van der Waals surface area (Å²) in [5.41, 5.74) is 2.95. The van der Waals surface area contributed by atoms with Crippen molar-refractivity contribution >= 4 is 15.9 Å². The highest BCUT2D eigenvalue weighted by Gasteiger charge is 2.18. The van der Waals surface area contributed by atoms with Crippen molar-refractivity contribution in [3.05, 3.63) is 102 Å². The van der Waals surface area contributed by atoms with Gasteiger partial charge in [-0.2, -0.15) is 5.10 Å². The Balaban J connectivity index is 1.37. The molecule has 0 spiro atoms. The van der Waals surface area contributed by atoms with Gasteiger partial charge >= 0.3 is 0 Å². The maximum absolute atomic E-state index is 12.7. The van der Waals surface area contributed by atoms with Gasteiger partial charge in [0.1, 0.15) is 5.76 Å². The summed E-state index contributed by atoms with van der Waals surface area (Å²) >= 11 is 0. The molecule has 4 rings (SSSR count). The topological polar surface area (TPSA) is 106 Å². The molecule has 8 nitrogen and oxygen atoms in total. The van der Waals surface area contributed by atoms with Crippen LogP contribution in [-0.2, 0) is 23.0 Å². The molecular formula is C24H24N4O4S. The first-order valence-corrected chi connectivity index (χ1v) is 11.9. The van der Waals surface area contributed by atoms with Gasteiger partial charge in [0.2, 0.25) is 10.0 Å². The Morgan fingerprint density at radius 2 is 1.91 bits per heavy atom. The van der Waals surface area contributed by atoms with Crippen molar-refractivity contribution in [1.82, 2.24) is 19.8 Å². The standard InChI is InChI=1S/C24H24N4O4S/c1-18-9-10-22(33(30,31)27-16-21-8-5-13-32-21)14-23(18)24(29)25-12-11-19-15-26-28(17-19)20-6-3-2-4-7-20/h2-10,13-15,17,27H,11-12,16H2,1H3,(H,25,29). The van der Waals surface area contributed by atoms with Crippen LogP contribution >= 0.6 is 0 Å². The fraction of sp³-hybridized carbons (Fsp3) is 0.167. The van der Waals surface area contributed by atoms with Crippen LogP contribution in [0, 0.1) is 6.92 Å². The molecule has 170 valence electrons. The van der Waals surface area contributed by atoms with Gasteiger partial charge < -0.3 is 9.73 Å². The fourth-order valence-electron chi connectivity index (χ4n) is 3.30. The van der Waals surface area contributed by atoms with Crippen LogP contribution in [0.4, 0.5) is 0 Å². The van der Waals surface area contributed by atoms with Crippen LogP contribution < -0.4 is 10.0 Å². The summed E-state index contributed by atoms with van der Waals surface area (Å²) in [5.74, 6) is 0.172. The van der Waals surface area contributed by atoms with Crippen molar-refractivity contribution < 1.29 is 17.6 Å². The van der Waals surface area contributed by atoms with E-state index in [9.17, 15) is 13.2 Å². The number of carbonyl (C=O) groups excluding carboxylic acids is 1. The number of hydrogen-bond acceptors (Lipinski definition) is 5. The van der Waals surface area contributed by atoms with E-state index < -0.39 is 10.0 Å². The van der Waals surface area contributed by atoms with E-state index in [0.717, 1.165) is 11.3 Å². The highest BCUT2D eigenvalue weighted by Crippen LogP contribution is 2.16. The van der Waals surface area contributed by atoms with Crippen LogP contribution in [0.15, 0.2) is 88.6 Å². The third kappa shape index (κ3) is 5.57. The average molecular weight is 465 g/mol. The zero-order valence-electron chi connectivity index (χ0n) is 18.1. The van der Waals surface area contributed by atoms with Gasteiger partial charge in [-0.25, -0.2) is 17.8 Å². The van der Waals surface area contributed by atoms with Gasteiger partial charge in [0.15, 0.2) is 0 Å². The van der Waals surface area contributed by atoms with Gasteiger partial charge in [0.25, 0.3) is 5.91 Å². The molecule has 0 saturated carbocycles. The van der Waals surface area contributed by atoms with E-state index in [-0.39, 0.29) is 17.3 Å². The van der Waals surface area contributed by atoms with Crippen molar-refractivity contribution in [1.29, 1.82) is 0 Å². The molecule has 2 heterocycles. The molecular weight excluding hydrogens is 440 g/mol. The summed E-state index contributed by atoms with van der Waals surface area (Å²) in [6, 6.07) is 17.6. The second-order valence-electron chi connectivity index (χ2n) is 7.52. The Hall–Kier alpha value is -3.69. The van der Waals surface area contributed by atoms with Gasteiger partial charge in [-0.1, -0.05) is 24.3 Å². The van der Waals surface area contributed by atoms with Crippen LogP contribution in [-0.4, -0.2) is 30.7 Å². The minimum atomic E-state index is -3.80. The highest BCUT2D eigenvalue weighted by atomic mass is 32.2. The predicted molar refractivity (Wildman–Crippen MR) is 124 cm³/mol. The van der Waals surface area contributed by atoms with Gasteiger partial charge in [0.05, 0.1) is 29.6 Å². The van der Waals surface area contributed by atoms with E-state index in [0.29, 0.717) is 29.9 Å². The molecule has 1 amide bonds. The molecule has 33 heavy (non-hydrogen) atoms. The van der Waals surface area contributed by atoms with Crippen molar-refractivity contribution in [2.45, 2.75) is 24.8 Å². The SMILES string of the molecule is Cc1ccc(S(=O)(=O)NCc2ccco2)cc1C(=O)NCCc1cnn(-c2ccccc2)c1. The molecule has 0 bridgehead atoms. The lowest BCUT2D eigenvalue weighted by Gasteiger charge is -2.11. The van der Waals surface area contributed by atoms with E-state index in [1.807, 2.05) is 36.5 Å². The van der Waals surface area contributed by atoms with Crippen LogP contribution in [0.25, 0.3) is 5.69 Å². The molecule has 0 saturated heterocycles. The number of nitrogens with zero attached hydrogens (tertiary/aromatic N) is 2. The second-order valence-corrected chi connectivity index (χ2v) is 9.28. The number of hydrogen-bond donors (Lipinski definition) is 2. The number of nitrogens with one attached hydrogen (secondary N) is 2.